The van der Waals surface area contributed by atoms with E-state index < -0.39 is 0 Å². The first kappa shape index (κ1) is 25.0. The Morgan fingerprint density at radius 2 is 1.75 bits per heavy atom. The lowest BCUT2D eigenvalue weighted by Crippen LogP contribution is -2.20. The number of thioether (sulfide) groups is 1. The summed E-state index contributed by atoms with van der Waals surface area (Å²) in [6.07, 6.45) is 1.31. The van der Waals surface area contributed by atoms with Gasteiger partial charge in [-0.2, -0.15) is 5.10 Å². The van der Waals surface area contributed by atoms with Gasteiger partial charge in [0.2, 0.25) is 0 Å². The van der Waals surface area contributed by atoms with Crippen molar-refractivity contribution in [3.8, 4) is 28.6 Å². The Kier molecular flexibility index (Phi) is 7.40. The number of hydrazone groups is 1. The number of carbonyl (C=O) groups excluding carboxylic acids is 1. The summed E-state index contributed by atoms with van der Waals surface area (Å²) in [5.41, 5.74) is 5.89. The zero-order valence-corrected chi connectivity index (χ0v) is 21.0. The van der Waals surface area contributed by atoms with E-state index in [4.69, 9.17) is 0 Å². The topological polar surface area (TPSA) is 113 Å². The molecule has 9 heteroatoms. The van der Waals surface area contributed by atoms with E-state index in [1.165, 1.54) is 41.7 Å². The molecule has 0 saturated carbocycles. The van der Waals surface area contributed by atoms with Crippen molar-refractivity contribution in [2.45, 2.75) is 31.3 Å². The molecule has 0 spiro atoms. The molecule has 0 saturated heterocycles. The summed E-state index contributed by atoms with van der Waals surface area (Å²) in [5.74, 6) is 0.212. The molecule has 8 nitrogen and oxygen atoms in total. The molecule has 3 N–H and O–H groups in total. The fraction of sp³-hybridized carbons (Fsp3) is 0.185. The van der Waals surface area contributed by atoms with Crippen molar-refractivity contribution < 1.29 is 15.0 Å². The first-order valence-electron chi connectivity index (χ1n) is 11.3. The lowest BCUT2D eigenvalue weighted by Gasteiger charge is -2.19. The van der Waals surface area contributed by atoms with E-state index in [0.29, 0.717) is 16.5 Å². The average molecular weight is 502 g/mol. The second-order valence-corrected chi connectivity index (χ2v) is 10.1. The van der Waals surface area contributed by atoms with Crippen LogP contribution in [0, 0.1) is 0 Å². The van der Waals surface area contributed by atoms with E-state index in [1.54, 1.807) is 0 Å². The van der Waals surface area contributed by atoms with Gasteiger partial charge in [-0.15, -0.1) is 10.2 Å². The first-order chi connectivity index (χ1) is 17.2. The number of nitrogens with zero attached hydrogens (tertiary/aromatic N) is 4. The van der Waals surface area contributed by atoms with Crippen molar-refractivity contribution in [2.75, 3.05) is 5.75 Å². The summed E-state index contributed by atoms with van der Waals surface area (Å²) in [6, 6.07) is 22.1. The van der Waals surface area contributed by atoms with Gasteiger partial charge >= 0.3 is 0 Å². The Bertz CT molecular complexity index is 1380. The van der Waals surface area contributed by atoms with E-state index in [-0.39, 0.29) is 28.6 Å². The number of carbonyl (C=O) groups is 1. The molecule has 36 heavy (non-hydrogen) atoms. The Labute approximate surface area is 213 Å². The molecule has 4 aromatic rings. The predicted octanol–water partition coefficient (Wildman–Crippen LogP) is 4.89. The van der Waals surface area contributed by atoms with Crippen LogP contribution < -0.4 is 5.43 Å². The minimum atomic E-state index is -0.340. The molecule has 1 aromatic heterocycles. The second-order valence-electron chi connectivity index (χ2n) is 9.13. The number of aromatic nitrogens is 3. The van der Waals surface area contributed by atoms with E-state index in [9.17, 15) is 15.0 Å². The molecule has 0 atom stereocenters. The first-order valence-corrected chi connectivity index (χ1v) is 12.3. The molecular weight excluding hydrogens is 474 g/mol. The monoisotopic (exact) mass is 501 g/mol. The Balaban J connectivity index is 1.51. The zero-order valence-electron chi connectivity index (χ0n) is 20.2. The lowest BCUT2D eigenvalue weighted by atomic mass is 9.87. The molecule has 0 radical (unpaired) electrons. The van der Waals surface area contributed by atoms with Gasteiger partial charge in [0.05, 0.1) is 12.0 Å². The summed E-state index contributed by atoms with van der Waals surface area (Å²) in [6.45, 7) is 6.52. The van der Waals surface area contributed by atoms with Crippen molar-refractivity contribution in [2.24, 2.45) is 5.10 Å². The van der Waals surface area contributed by atoms with Gasteiger partial charge in [0.15, 0.2) is 11.0 Å². The van der Waals surface area contributed by atoms with Gasteiger partial charge in [-0.25, -0.2) is 5.43 Å². The SMILES string of the molecule is CC(C)(C)c1ccc(-c2nnc(SCC(=O)N/N=C/c3ccc(O)cc3O)n2-c2ccccc2)cc1. The van der Waals surface area contributed by atoms with Crippen LogP contribution in [0.15, 0.2) is 83.1 Å². The quantitative estimate of drug-likeness (QED) is 0.189. The summed E-state index contributed by atoms with van der Waals surface area (Å²) >= 11 is 1.25. The fourth-order valence-electron chi connectivity index (χ4n) is 3.46. The Hall–Kier alpha value is -4.11. The highest BCUT2D eigenvalue weighted by Gasteiger charge is 2.19. The lowest BCUT2D eigenvalue weighted by molar-refractivity contribution is -0.118. The Morgan fingerprint density at radius 1 is 1.03 bits per heavy atom. The predicted molar refractivity (Wildman–Crippen MR) is 142 cm³/mol. The molecule has 0 unspecified atom stereocenters. The number of nitrogens with one attached hydrogen (secondary N) is 1. The van der Waals surface area contributed by atoms with Gasteiger partial charge in [0, 0.05) is 22.9 Å². The molecule has 0 aliphatic heterocycles. The number of hydrogen-bond donors (Lipinski definition) is 3. The van der Waals surface area contributed by atoms with Crippen LogP contribution in [0.4, 0.5) is 0 Å². The van der Waals surface area contributed by atoms with E-state index in [1.807, 2.05) is 47.0 Å². The Morgan fingerprint density at radius 3 is 2.42 bits per heavy atom. The van der Waals surface area contributed by atoms with Crippen LogP contribution in [0.1, 0.15) is 31.9 Å². The molecule has 184 valence electrons. The summed E-state index contributed by atoms with van der Waals surface area (Å²) in [7, 11) is 0. The minimum Gasteiger partial charge on any atom is -0.508 e. The minimum absolute atomic E-state index is 0.0452. The number of para-hydroxylation sites is 1. The van der Waals surface area contributed by atoms with Crippen molar-refractivity contribution >= 4 is 23.9 Å². The molecule has 0 aliphatic carbocycles. The van der Waals surface area contributed by atoms with Crippen LogP contribution in [-0.2, 0) is 10.2 Å². The number of hydrogen-bond acceptors (Lipinski definition) is 7. The molecule has 1 amide bonds. The van der Waals surface area contributed by atoms with E-state index in [0.717, 1.165) is 11.3 Å². The number of benzene rings is 3. The molecule has 0 fully saturated rings. The zero-order chi connectivity index (χ0) is 25.7. The standard InChI is InChI=1S/C27H27N5O3S/c1-27(2,3)20-12-9-18(10-13-20)25-30-31-26(32(25)21-7-5-4-6-8-21)36-17-24(35)29-28-16-19-11-14-22(33)15-23(19)34/h4-16,33-34H,17H2,1-3H3,(H,29,35)/b28-16+. The fourth-order valence-corrected chi connectivity index (χ4v) is 4.20. The third-order valence-electron chi connectivity index (χ3n) is 5.40. The van der Waals surface area contributed by atoms with Crippen LogP contribution in [0.5, 0.6) is 11.5 Å². The van der Waals surface area contributed by atoms with E-state index >= 15 is 0 Å². The van der Waals surface area contributed by atoms with Gasteiger partial charge in [-0.1, -0.05) is 75.0 Å². The van der Waals surface area contributed by atoms with Crippen molar-refractivity contribution in [1.29, 1.82) is 0 Å². The largest absolute Gasteiger partial charge is 0.508 e. The third kappa shape index (κ3) is 5.92. The summed E-state index contributed by atoms with van der Waals surface area (Å²) in [4.78, 5) is 12.4. The van der Waals surface area contributed by atoms with Crippen LogP contribution in [0.25, 0.3) is 17.1 Å². The molecule has 0 bridgehead atoms. The molecule has 4 rings (SSSR count). The maximum Gasteiger partial charge on any atom is 0.250 e. The van der Waals surface area contributed by atoms with Gasteiger partial charge in [0.25, 0.3) is 5.91 Å². The van der Waals surface area contributed by atoms with Crippen LogP contribution in [0.3, 0.4) is 0 Å². The van der Waals surface area contributed by atoms with Crippen LogP contribution in [-0.4, -0.2) is 42.9 Å². The highest BCUT2D eigenvalue weighted by atomic mass is 32.2. The summed E-state index contributed by atoms with van der Waals surface area (Å²) in [5, 5.41) is 32.4. The van der Waals surface area contributed by atoms with Crippen LogP contribution >= 0.6 is 11.8 Å². The maximum absolute atomic E-state index is 12.4. The summed E-state index contributed by atoms with van der Waals surface area (Å²) < 4.78 is 1.93. The number of aromatic hydroxyl groups is 2. The molecular formula is C27H27N5O3S. The smallest absolute Gasteiger partial charge is 0.250 e. The number of amides is 1. The number of rotatable bonds is 7. The molecule has 1 heterocycles. The van der Waals surface area contributed by atoms with Crippen LogP contribution in [0.2, 0.25) is 0 Å². The normalized spacial score (nSPS) is 11.6. The highest BCUT2D eigenvalue weighted by Crippen LogP contribution is 2.30. The molecule has 3 aromatic carbocycles. The van der Waals surface area contributed by atoms with Gasteiger partial charge < -0.3 is 10.2 Å². The average Bonchev–Trinajstić information content (AvgIpc) is 3.28. The van der Waals surface area contributed by atoms with Gasteiger partial charge in [-0.3, -0.25) is 9.36 Å². The van der Waals surface area contributed by atoms with Crippen molar-refractivity contribution in [3.63, 3.8) is 0 Å². The number of phenols is 2. The molecule has 0 aliphatic rings. The van der Waals surface area contributed by atoms with Crippen molar-refractivity contribution in [3.05, 3.63) is 83.9 Å². The second kappa shape index (κ2) is 10.7. The van der Waals surface area contributed by atoms with E-state index in [2.05, 4.69) is 53.6 Å². The maximum atomic E-state index is 12.4. The number of phenolic OH excluding ortho intramolecular Hbond substituents is 2. The van der Waals surface area contributed by atoms with Crippen molar-refractivity contribution in [1.82, 2.24) is 20.2 Å². The van der Waals surface area contributed by atoms with Gasteiger partial charge in [-0.05, 0) is 35.2 Å². The highest BCUT2D eigenvalue weighted by molar-refractivity contribution is 7.99. The third-order valence-corrected chi connectivity index (χ3v) is 6.33. The van der Waals surface area contributed by atoms with Gasteiger partial charge in [0.1, 0.15) is 11.5 Å².